The number of aryl methyl sites for hydroxylation is 1. The van der Waals surface area contributed by atoms with Crippen LogP contribution in [-0.4, -0.2) is 28.0 Å². The first kappa shape index (κ1) is 14.4. The molecule has 0 bridgehead atoms. The SMILES string of the molecule is COc1ccc(C#N)c(NC(C(=O)O)c2cnn(C)c2)c1. The molecule has 0 radical (unpaired) electrons. The Morgan fingerprint density at radius 2 is 2.33 bits per heavy atom. The van der Waals surface area contributed by atoms with Crippen LogP contribution in [-0.2, 0) is 11.8 Å². The van der Waals surface area contributed by atoms with Crippen LogP contribution in [0.3, 0.4) is 0 Å². The normalized spacial score (nSPS) is 11.5. The first-order valence-corrected chi connectivity index (χ1v) is 6.11. The van der Waals surface area contributed by atoms with Gasteiger partial charge < -0.3 is 15.2 Å². The van der Waals surface area contributed by atoms with E-state index >= 15 is 0 Å². The van der Waals surface area contributed by atoms with Crippen LogP contribution in [0.2, 0.25) is 0 Å². The van der Waals surface area contributed by atoms with E-state index in [-0.39, 0.29) is 0 Å². The molecule has 0 saturated carbocycles. The Hall–Kier alpha value is -3.01. The predicted molar refractivity (Wildman–Crippen MR) is 74.9 cm³/mol. The maximum atomic E-state index is 11.5. The molecule has 21 heavy (non-hydrogen) atoms. The summed E-state index contributed by atoms with van der Waals surface area (Å²) in [4.78, 5) is 11.5. The first-order chi connectivity index (χ1) is 10.0. The summed E-state index contributed by atoms with van der Waals surface area (Å²) in [7, 11) is 3.20. The van der Waals surface area contributed by atoms with Gasteiger partial charge in [-0.05, 0) is 12.1 Å². The Balaban J connectivity index is 2.37. The molecule has 0 spiro atoms. The number of carboxylic acids is 1. The van der Waals surface area contributed by atoms with Gasteiger partial charge >= 0.3 is 5.97 Å². The Morgan fingerprint density at radius 1 is 1.57 bits per heavy atom. The van der Waals surface area contributed by atoms with Gasteiger partial charge in [-0.1, -0.05) is 0 Å². The van der Waals surface area contributed by atoms with Crippen molar-refractivity contribution in [3.05, 3.63) is 41.7 Å². The third kappa shape index (κ3) is 3.12. The Bertz CT molecular complexity index is 702. The summed E-state index contributed by atoms with van der Waals surface area (Å²) in [6.07, 6.45) is 3.08. The lowest BCUT2D eigenvalue weighted by Gasteiger charge is -2.16. The van der Waals surface area contributed by atoms with Gasteiger partial charge in [-0.2, -0.15) is 10.4 Å². The van der Waals surface area contributed by atoms with Crippen molar-refractivity contribution in [2.24, 2.45) is 7.05 Å². The zero-order valence-electron chi connectivity index (χ0n) is 11.6. The lowest BCUT2D eigenvalue weighted by Crippen LogP contribution is -2.20. The van der Waals surface area contributed by atoms with Gasteiger partial charge in [-0.25, -0.2) is 4.79 Å². The van der Waals surface area contributed by atoms with Crippen LogP contribution in [0.15, 0.2) is 30.6 Å². The molecule has 0 amide bonds. The fourth-order valence-electron chi connectivity index (χ4n) is 1.90. The number of nitriles is 1. The molecule has 0 fully saturated rings. The van der Waals surface area contributed by atoms with Gasteiger partial charge in [0.05, 0.1) is 24.6 Å². The molecule has 0 aliphatic carbocycles. The third-order valence-electron chi connectivity index (χ3n) is 2.95. The number of hydrogen-bond acceptors (Lipinski definition) is 5. The fraction of sp³-hybridized carbons (Fsp3) is 0.214. The Labute approximate surface area is 121 Å². The van der Waals surface area contributed by atoms with E-state index in [0.29, 0.717) is 22.6 Å². The van der Waals surface area contributed by atoms with E-state index in [4.69, 9.17) is 10.00 Å². The van der Waals surface area contributed by atoms with E-state index < -0.39 is 12.0 Å². The standard InChI is InChI=1S/C14H14N4O3/c1-18-8-10(7-16-18)13(14(19)20)17-12-5-11(21-2)4-3-9(12)6-15/h3-5,7-8,13,17H,1-2H3,(H,19,20). The van der Waals surface area contributed by atoms with Crippen LogP contribution in [0.5, 0.6) is 5.75 Å². The minimum atomic E-state index is -1.06. The minimum Gasteiger partial charge on any atom is -0.497 e. The number of aromatic nitrogens is 2. The van der Waals surface area contributed by atoms with Gasteiger partial charge in [0.1, 0.15) is 11.8 Å². The number of carboxylic acid groups (broad SMARTS) is 1. The van der Waals surface area contributed by atoms with E-state index in [1.54, 1.807) is 31.4 Å². The van der Waals surface area contributed by atoms with Crippen molar-refractivity contribution < 1.29 is 14.6 Å². The topological polar surface area (TPSA) is 100 Å². The van der Waals surface area contributed by atoms with E-state index in [1.807, 2.05) is 6.07 Å². The average Bonchev–Trinajstić information content (AvgIpc) is 2.90. The second kappa shape index (κ2) is 5.96. The smallest absolute Gasteiger partial charge is 0.330 e. The summed E-state index contributed by atoms with van der Waals surface area (Å²) in [5.41, 5.74) is 1.23. The zero-order valence-corrected chi connectivity index (χ0v) is 11.6. The quantitative estimate of drug-likeness (QED) is 0.864. The molecular formula is C14H14N4O3. The zero-order chi connectivity index (χ0) is 15.4. The van der Waals surface area contributed by atoms with Crippen molar-refractivity contribution in [3.8, 4) is 11.8 Å². The highest BCUT2D eigenvalue weighted by Crippen LogP contribution is 2.26. The number of hydrogen-bond donors (Lipinski definition) is 2. The maximum absolute atomic E-state index is 11.5. The number of methoxy groups -OCH3 is 1. The highest BCUT2D eigenvalue weighted by atomic mass is 16.5. The maximum Gasteiger partial charge on any atom is 0.330 e. The number of carbonyl (C=O) groups is 1. The monoisotopic (exact) mass is 286 g/mol. The number of nitrogens with zero attached hydrogens (tertiary/aromatic N) is 3. The summed E-state index contributed by atoms with van der Waals surface area (Å²) in [6, 6.07) is 5.82. The fourth-order valence-corrected chi connectivity index (χ4v) is 1.90. The van der Waals surface area contributed by atoms with Gasteiger partial charge in [0, 0.05) is 24.9 Å². The molecule has 2 N–H and O–H groups in total. The number of rotatable bonds is 5. The van der Waals surface area contributed by atoms with Crippen LogP contribution >= 0.6 is 0 Å². The number of aliphatic carboxylic acids is 1. The molecule has 7 heteroatoms. The number of nitrogens with one attached hydrogen (secondary N) is 1. The minimum absolute atomic E-state index is 0.339. The van der Waals surface area contributed by atoms with Crippen molar-refractivity contribution in [1.29, 1.82) is 5.26 Å². The van der Waals surface area contributed by atoms with Crippen molar-refractivity contribution in [3.63, 3.8) is 0 Å². The summed E-state index contributed by atoms with van der Waals surface area (Å²) in [5, 5.41) is 25.3. The highest BCUT2D eigenvalue weighted by molar-refractivity contribution is 5.80. The van der Waals surface area contributed by atoms with Gasteiger partial charge in [0.2, 0.25) is 0 Å². The van der Waals surface area contributed by atoms with Crippen molar-refractivity contribution >= 4 is 11.7 Å². The lowest BCUT2D eigenvalue weighted by atomic mass is 10.1. The molecule has 0 saturated heterocycles. The van der Waals surface area contributed by atoms with Crippen LogP contribution in [0.4, 0.5) is 5.69 Å². The van der Waals surface area contributed by atoms with Crippen molar-refractivity contribution in [2.75, 3.05) is 12.4 Å². The molecule has 2 rings (SSSR count). The van der Waals surface area contributed by atoms with E-state index in [0.717, 1.165) is 0 Å². The Kier molecular flexibility index (Phi) is 4.09. The van der Waals surface area contributed by atoms with Crippen LogP contribution in [0.1, 0.15) is 17.2 Å². The number of benzene rings is 1. The third-order valence-corrected chi connectivity index (χ3v) is 2.95. The summed E-state index contributed by atoms with van der Waals surface area (Å²) >= 11 is 0. The summed E-state index contributed by atoms with van der Waals surface area (Å²) in [6.45, 7) is 0. The number of ether oxygens (including phenoxy) is 1. The molecule has 1 aromatic heterocycles. The van der Waals surface area contributed by atoms with Gasteiger partial charge in [-0.15, -0.1) is 0 Å². The highest BCUT2D eigenvalue weighted by Gasteiger charge is 2.22. The molecule has 0 aliphatic heterocycles. The molecule has 0 aliphatic rings. The molecule has 1 atom stereocenters. The second-order valence-corrected chi connectivity index (χ2v) is 4.39. The Morgan fingerprint density at radius 3 is 2.86 bits per heavy atom. The number of anilines is 1. The second-order valence-electron chi connectivity index (χ2n) is 4.39. The summed E-state index contributed by atoms with van der Waals surface area (Å²) < 4.78 is 6.61. The first-order valence-electron chi connectivity index (χ1n) is 6.11. The van der Waals surface area contributed by atoms with Crippen LogP contribution in [0.25, 0.3) is 0 Å². The largest absolute Gasteiger partial charge is 0.497 e. The molecule has 2 aromatic rings. The van der Waals surface area contributed by atoms with Gasteiger partial charge in [0.15, 0.2) is 6.04 Å². The molecular weight excluding hydrogens is 272 g/mol. The van der Waals surface area contributed by atoms with E-state index in [1.165, 1.54) is 18.0 Å². The van der Waals surface area contributed by atoms with Crippen molar-refractivity contribution in [2.45, 2.75) is 6.04 Å². The average molecular weight is 286 g/mol. The van der Waals surface area contributed by atoms with Crippen LogP contribution in [0, 0.1) is 11.3 Å². The van der Waals surface area contributed by atoms with E-state index in [9.17, 15) is 9.90 Å². The van der Waals surface area contributed by atoms with Crippen LogP contribution < -0.4 is 10.1 Å². The van der Waals surface area contributed by atoms with Crippen molar-refractivity contribution in [1.82, 2.24) is 9.78 Å². The predicted octanol–water partition coefficient (Wildman–Crippen LogP) is 1.54. The molecule has 1 unspecified atom stereocenters. The van der Waals surface area contributed by atoms with Gasteiger partial charge in [0.25, 0.3) is 0 Å². The van der Waals surface area contributed by atoms with E-state index in [2.05, 4.69) is 10.4 Å². The molecule has 108 valence electrons. The molecule has 7 nitrogen and oxygen atoms in total. The molecule has 1 heterocycles. The summed E-state index contributed by atoms with van der Waals surface area (Å²) in [5.74, 6) is -0.526. The van der Waals surface area contributed by atoms with Gasteiger partial charge in [-0.3, -0.25) is 4.68 Å². The molecule has 1 aromatic carbocycles. The lowest BCUT2D eigenvalue weighted by molar-refractivity contribution is -0.138.